The molecular weight excluding hydrogens is 582 g/mol. The van der Waals surface area contributed by atoms with E-state index in [2.05, 4.69) is 50.4 Å². The Balaban J connectivity index is 1.40. The van der Waals surface area contributed by atoms with Gasteiger partial charge in [-0.3, -0.25) is 14.5 Å². The maximum Gasteiger partial charge on any atom is 0.323 e. The van der Waals surface area contributed by atoms with Gasteiger partial charge in [0.15, 0.2) is 5.75 Å². The summed E-state index contributed by atoms with van der Waals surface area (Å²) in [5.74, 6) is -1.42. The van der Waals surface area contributed by atoms with Crippen LogP contribution in [0, 0.1) is 0 Å². The molecular formula is C36H41N5O5. The smallest absolute Gasteiger partial charge is 0.323 e. The largest absolute Gasteiger partial charge is 0.492 e. The molecule has 0 aromatic heterocycles. The van der Waals surface area contributed by atoms with Crippen LogP contribution in [0.1, 0.15) is 31.9 Å². The van der Waals surface area contributed by atoms with Crippen LogP contribution >= 0.6 is 0 Å². The third-order valence-corrected chi connectivity index (χ3v) is 8.04. The number of amides is 4. The third-order valence-electron chi connectivity index (χ3n) is 8.04. The number of likely N-dealkylation sites (N-methyl/N-ethyl adjacent to an activating group) is 1. The third kappa shape index (κ3) is 7.47. The lowest BCUT2D eigenvalue weighted by Gasteiger charge is -2.26. The van der Waals surface area contributed by atoms with E-state index in [0.717, 1.165) is 60.3 Å². The Morgan fingerprint density at radius 3 is 2.07 bits per heavy atom. The van der Waals surface area contributed by atoms with E-state index < -0.39 is 17.8 Å². The van der Waals surface area contributed by atoms with E-state index >= 15 is 0 Å². The number of urea groups is 1. The summed E-state index contributed by atoms with van der Waals surface area (Å²) in [5, 5.41) is 12.7. The second-order valence-electron chi connectivity index (χ2n) is 12.3. The Morgan fingerprint density at radius 1 is 0.804 bits per heavy atom. The van der Waals surface area contributed by atoms with E-state index in [-0.39, 0.29) is 16.9 Å². The Labute approximate surface area is 269 Å². The lowest BCUT2D eigenvalue weighted by molar-refractivity contribution is -0.135. The molecule has 0 saturated carbocycles. The zero-order valence-corrected chi connectivity index (χ0v) is 27.0. The molecule has 240 valence electrons. The summed E-state index contributed by atoms with van der Waals surface area (Å²) in [6.07, 6.45) is 0. The van der Waals surface area contributed by atoms with E-state index in [1.54, 1.807) is 12.1 Å². The molecule has 0 aliphatic carbocycles. The van der Waals surface area contributed by atoms with Gasteiger partial charge in [-0.25, -0.2) is 4.79 Å². The van der Waals surface area contributed by atoms with Crippen molar-refractivity contribution in [3.63, 3.8) is 0 Å². The first kappa shape index (κ1) is 32.5. The number of rotatable bonds is 7. The summed E-state index contributed by atoms with van der Waals surface area (Å²) in [5.41, 5.74) is 5.15. The van der Waals surface area contributed by atoms with Crippen LogP contribution in [0.15, 0.2) is 72.8 Å². The molecule has 4 aromatic carbocycles. The predicted molar refractivity (Wildman–Crippen MR) is 183 cm³/mol. The molecule has 5 rings (SSSR count). The molecule has 1 fully saturated rings. The lowest BCUT2D eigenvalue weighted by atomic mass is 9.86. The topological polar surface area (TPSA) is 121 Å². The Morgan fingerprint density at radius 2 is 1.43 bits per heavy atom. The van der Waals surface area contributed by atoms with Crippen molar-refractivity contribution in [3.8, 4) is 16.9 Å². The first-order chi connectivity index (χ1) is 22.1. The summed E-state index contributed by atoms with van der Waals surface area (Å²) in [7, 11) is 2.81. The zero-order chi connectivity index (χ0) is 32.8. The first-order valence-corrected chi connectivity index (χ1v) is 15.3. The molecule has 0 spiro atoms. The standard InChI is InChI=1S/C36H41N5O5/c1-36(2,3)25-20-30(38-34(43)33(42)37-4)32(45-5)31(21-25)40-35(44)39-29-15-14-26(27-8-6-7-9-28(27)29)24-12-10-23(11-13-24)22-41-16-18-46-19-17-41/h6-15,20-21H,16-19,22H2,1-5H3,(H,37,42)(H,38,43)(H2,39,40,44). The molecule has 4 N–H and O–H groups in total. The van der Waals surface area contributed by atoms with E-state index in [1.807, 2.05) is 57.2 Å². The highest BCUT2D eigenvalue weighted by molar-refractivity contribution is 6.39. The predicted octanol–water partition coefficient (Wildman–Crippen LogP) is 5.97. The molecule has 1 heterocycles. The van der Waals surface area contributed by atoms with Crippen LogP contribution in [0.5, 0.6) is 5.75 Å². The molecule has 10 heteroatoms. The molecule has 0 bridgehead atoms. The van der Waals surface area contributed by atoms with Gasteiger partial charge in [0.25, 0.3) is 0 Å². The van der Waals surface area contributed by atoms with Gasteiger partial charge in [-0.2, -0.15) is 0 Å². The number of methoxy groups -OCH3 is 1. The van der Waals surface area contributed by atoms with Crippen molar-refractivity contribution in [1.82, 2.24) is 10.2 Å². The van der Waals surface area contributed by atoms with Gasteiger partial charge in [-0.05, 0) is 51.3 Å². The summed E-state index contributed by atoms with van der Waals surface area (Å²) in [4.78, 5) is 40.2. The maximum absolute atomic E-state index is 13.5. The highest BCUT2D eigenvalue weighted by atomic mass is 16.5. The molecule has 0 unspecified atom stereocenters. The van der Waals surface area contributed by atoms with E-state index in [9.17, 15) is 14.4 Å². The van der Waals surface area contributed by atoms with Crippen LogP contribution in [0.3, 0.4) is 0 Å². The van der Waals surface area contributed by atoms with E-state index in [1.165, 1.54) is 19.7 Å². The fourth-order valence-electron chi connectivity index (χ4n) is 5.50. The molecule has 4 amide bonds. The normalized spacial score (nSPS) is 13.6. The number of ether oxygens (including phenoxy) is 2. The summed E-state index contributed by atoms with van der Waals surface area (Å²) < 4.78 is 11.1. The number of nitrogens with zero attached hydrogens (tertiary/aromatic N) is 1. The van der Waals surface area contributed by atoms with Crippen LogP contribution in [-0.2, 0) is 26.3 Å². The Bertz CT molecular complexity index is 1740. The van der Waals surface area contributed by atoms with Gasteiger partial charge in [0.2, 0.25) is 0 Å². The van der Waals surface area contributed by atoms with Crippen LogP contribution < -0.4 is 26.0 Å². The maximum atomic E-state index is 13.5. The minimum atomic E-state index is -0.847. The highest BCUT2D eigenvalue weighted by Crippen LogP contribution is 2.39. The average molecular weight is 624 g/mol. The van der Waals surface area contributed by atoms with Gasteiger partial charge in [-0.1, -0.05) is 75.4 Å². The molecule has 4 aromatic rings. The number of nitrogens with one attached hydrogen (secondary N) is 4. The molecule has 46 heavy (non-hydrogen) atoms. The minimum Gasteiger partial charge on any atom is -0.492 e. The van der Waals surface area contributed by atoms with Crippen molar-refractivity contribution in [1.29, 1.82) is 0 Å². The summed E-state index contributed by atoms with van der Waals surface area (Å²) >= 11 is 0. The van der Waals surface area contributed by atoms with Crippen molar-refractivity contribution < 1.29 is 23.9 Å². The molecule has 0 radical (unpaired) electrons. The van der Waals surface area contributed by atoms with Gasteiger partial charge in [0.1, 0.15) is 0 Å². The van der Waals surface area contributed by atoms with Gasteiger partial charge < -0.3 is 30.7 Å². The number of morpholine rings is 1. The average Bonchev–Trinajstić information content (AvgIpc) is 3.05. The number of anilines is 3. The monoisotopic (exact) mass is 623 g/mol. The van der Waals surface area contributed by atoms with Crippen LogP contribution in [0.4, 0.5) is 21.9 Å². The van der Waals surface area contributed by atoms with Crippen LogP contribution in [0.2, 0.25) is 0 Å². The Kier molecular flexibility index (Phi) is 9.89. The van der Waals surface area contributed by atoms with Crippen molar-refractivity contribution >= 4 is 45.7 Å². The van der Waals surface area contributed by atoms with Crippen molar-refractivity contribution in [2.75, 3.05) is 56.4 Å². The van der Waals surface area contributed by atoms with Crippen LogP contribution in [0.25, 0.3) is 21.9 Å². The number of carbonyl (C=O) groups excluding carboxylic acids is 3. The number of carbonyl (C=O) groups is 3. The molecule has 10 nitrogen and oxygen atoms in total. The second kappa shape index (κ2) is 14.0. The summed E-state index contributed by atoms with van der Waals surface area (Å²) in [6.45, 7) is 10.4. The SMILES string of the molecule is CNC(=O)C(=O)Nc1cc(C(C)(C)C)cc(NC(=O)Nc2ccc(-c3ccc(CN4CCOCC4)cc3)c3ccccc23)c1OC. The molecule has 1 aliphatic rings. The van der Waals surface area contributed by atoms with Gasteiger partial charge in [-0.15, -0.1) is 0 Å². The lowest BCUT2D eigenvalue weighted by Crippen LogP contribution is -2.35. The zero-order valence-electron chi connectivity index (χ0n) is 27.0. The number of hydrogen-bond acceptors (Lipinski definition) is 6. The van der Waals surface area contributed by atoms with Crippen molar-refractivity contribution in [2.45, 2.75) is 32.7 Å². The second-order valence-corrected chi connectivity index (χ2v) is 12.3. The van der Waals surface area contributed by atoms with Crippen molar-refractivity contribution in [2.24, 2.45) is 0 Å². The fourth-order valence-corrected chi connectivity index (χ4v) is 5.50. The molecule has 0 atom stereocenters. The number of fused-ring (bicyclic) bond motifs is 1. The first-order valence-electron chi connectivity index (χ1n) is 15.3. The van der Waals surface area contributed by atoms with Crippen LogP contribution in [-0.4, -0.2) is 63.2 Å². The molecule has 1 saturated heterocycles. The van der Waals surface area contributed by atoms with Gasteiger partial charge in [0, 0.05) is 32.1 Å². The van der Waals surface area contributed by atoms with E-state index in [0.29, 0.717) is 11.4 Å². The minimum absolute atomic E-state index is 0.220. The number of hydrogen-bond donors (Lipinski definition) is 4. The fraction of sp³-hybridized carbons (Fsp3) is 0.306. The van der Waals surface area contributed by atoms with Gasteiger partial charge in [0.05, 0.1) is 37.4 Å². The highest BCUT2D eigenvalue weighted by Gasteiger charge is 2.23. The van der Waals surface area contributed by atoms with E-state index in [4.69, 9.17) is 9.47 Å². The summed E-state index contributed by atoms with van der Waals surface area (Å²) in [6, 6.07) is 23.6. The van der Waals surface area contributed by atoms with Gasteiger partial charge >= 0.3 is 17.8 Å². The van der Waals surface area contributed by atoms with Crippen molar-refractivity contribution in [3.05, 3.63) is 83.9 Å². The number of benzene rings is 4. The Hall–Kier alpha value is -4.93. The molecule has 1 aliphatic heterocycles. The quantitative estimate of drug-likeness (QED) is 0.188.